The number of anilines is 1. The van der Waals surface area contributed by atoms with E-state index >= 15 is 0 Å². The van der Waals surface area contributed by atoms with Crippen LogP contribution in [0.2, 0.25) is 0 Å². The molecule has 2 aromatic rings. The summed E-state index contributed by atoms with van der Waals surface area (Å²) in [5.41, 5.74) is 0.881. The summed E-state index contributed by atoms with van der Waals surface area (Å²) in [6.07, 6.45) is 3.79. The second-order valence-electron chi connectivity index (χ2n) is 4.77. The lowest BCUT2D eigenvalue weighted by Crippen LogP contribution is -2.30. The SMILES string of the molecule is CCCC(C)N(C)c1nc2ccccn2c1C(=O)O. The molecule has 0 aliphatic carbocycles. The Morgan fingerprint density at radius 2 is 2.26 bits per heavy atom. The summed E-state index contributed by atoms with van der Waals surface area (Å²) in [5, 5.41) is 9.43. The Balaban J connectivity index is 2.53. The fourth-order valence-corrected chi connectivity index (χ4v) is 2.25. The van der Waals surface area contributed by atoms with Gasteiger partial charge in [0.2, 0.25) is 0 Å². The lowest BCUT2D eigenvalue weighted by molar-refractivity contribution is 0.0690. The Bertz CT molecular complexity index is 591. The van der Waals surface area contributed by atoms with Crippen LogP contribution in [0.4, 0.5) is 5.82 Å². The molecule has 0 aromatic carbocycles. The van der Waals surface area contributed by atoms with Gasteiger partial charge in [-0.3, -0.25) is 4.40 Å². The molecule has 5 heteroatoms. The van der Waals surface area contributed by atoms with Crippen LogP contribution >= 0.6 is 0 Å². The first-order valence-corrected chi connectivity index (χ1v) is 6.49. The highest BCUT2D eigenvalue weighted by molar-refractivity contribution is 5.93. The fraction of sp³-hybridized carbons (Fsp3) is 0.429. The molecule has 1 atom stereocenters. The van der Waals surface area contributed by atoms with Gasteiger partial charge in [-0.2, -0.15) is 0 Å². The predicted molar refractivity (Wildman–Crippen MR) is 74.9 cm³/mol. The number of carboxylic acids is 1. The Morgan fingerprint density at radius 1 is 1.53 bits per heavy atom. The predicted octanol–water partition coefficient (Wildman–Crippen LogP) is 2.66. The molecule has 5 nitrogen and oxygen atoms in total. The molecule has 102 valence electrons. The molecule has 2 rings (SSSR count). The van der Waals surface area contributed by atoms with Crippen molar-refractivity contribution in [2.24, 2.45) is 0 Å². The number of rotatable bonds is 5. The van der Waals surface area contributed by atoms with Crippen molar-refractivity contribution in [2.45, 2.75) is 32.7 Å². The first-order chi connectivity index (χ1) is 9.06. The zero-order valence-electron chi connectivity index (χ0n) is 11.5. The van der Waals surface area contributed by atoms with Gasteiger partial charge in [0, 0.05) is 19.3 Å². The third-order valence-corrected chi connectivity index (χ3v) is 3.42. The van der Waals surface area contributed by atoms with E-state index in [-0.39, 0.29) is 11.7 Å². The molecular formula is C14H19N3O2. The van der Waals surface area contributed by atoms with Crippen LogP contribution in [0.15, 0.2) is 24.4 Å². The van der Waals surface area contributed by atoms with E-state index in [0.717, 1.165) is 12.8 Å². The molecule has 1 N–H and O–H groups in total. The number of aromatic nitrogens is 2. The summed E-state index contributed by atoms with van der Waals surface area (Å²) in [4.78, 5) is 17.9. The highest BCUT2D eigenvalue weighted by atomic mass is 16.4. The minimum atomic E-state index is -0.954. The highest BCUT2D eigenvalue weighted by Gasteiger charge is 2.23. The van der Waals surface area contributed by atoms with Crippen molar-refractivity contribution in [3.8, 4) is 0 Å². The number of pyridine rings is 1. The van der Waals surface area contributed by atoms with E-state index in [0.29, 0.717) is 11.5 Å². The first-order valence-electron chi connectivity index (χ1n) is 6.49. The van der Waals surface area contributed by atoms with E-state index in [1.165, 1.54) is 0 Å². The quantitative estimate of drug-likeness (QED) is 0.899. The maximum Gasteiger partial charge on any atom is 0.356 e. The zero-order valence-corrected chi connectivity index (χ0v) is 11.5. The van der Waals surface area contributed by atoms with E-state index in [1.807, 2.05) is 24.1 Å². The van der Waals surface area contributed by atoms with Crippen molar-refractivity contribution in [1.82, 2.24) is 9.38 Å². The molecule has 2 heterocycles. The summed E-state index contributed by atoms with van der Waals surface area (Å²) in [7, 11) is 1.90. The maximum absolute atomic E-state index is 11.5. The number of hydrogen-bond donors (Lipinski definition) is 1. The van der Waals surface area contributed by atoms with Crippen LogP contribution < -0.4 is 4.90 Å². The first kappa shape index (κ1) is 13.4. The molecule has 0 spiro atoms. The van der Waals surface area contributed by atoms with Gasteiger partial charge in [0.25, 0.3) is 0 Å². The molecule has 19 heavy (non-hydrogen) atoms. The average molecular weight is 261 g/mol. The van der Waals surface area contributed by atoms with Gasteiger partial charge in [-0.25, -0.2) is 9.78 Å². The molecule has 1 unspecified atom stereocenters. The van der Waals surface area contributed by atoms with E-state index in [9.17, 15) is 9.90 Å². The number of fused-ring (bicyclic) bond motifs is 1. The number of imidazole rings is 1. The standard InChI is InChI=1S/C14H19N3O2/c1-4-7-10(2)16(3)13-12(14(18)19)17-9-6-5-8-11(17)15-13/h5-6,8-10H,4,7H2,1-3H3,(H,18,19). The van der Waals surface area contributed by atoms with Gasteiger partial charge in [-0.05, 0) is 25.5 Å². The molecule has 2 aromatic heterocycles. The molecule has 0 aliphatic rings. The van der Waals surface area contributed by atoms with E-state index < -0.39 is 5.97 Å². The Morgan fingerprint density at radius 3 is 2.89 bits per heavy atom. The summed E-state index contributed by atoms with van der Waals surface area (Å²) in [6, 6.07) is 5.73. The van der Waals surface area contributed by atoms with Gasteiger partial charge in [0.15, 0.2) is 11.5 Å². The number of carbonyl (C=O) groups is 1. The molecular weight excluding hydrogens is 242 g/mol. The number of nitrogens with zero attached hydrogens (tertiary/aromatic N) is 3. The Hall–Kier alpha value is -2.04. The second kappa shape index (κ2) is 5.30. The minimum absolute atomic E-state index is 0.223. The smallest absolute Gasteiger partial charge is 0.356 e. The summed E-state index contributed by atoms with van der Waals surface area (Å²) >= 11 is 0. The van der Waals surface area contributed by atoms with Crippen LogP contribution in [-0.2, 0) is 0 Å². The van der Waals surface area contributed by atoms with Crippen LogP contribution in [0.3, 0.4) is 0 Å². The third-order valence-electron chi connectivity index (χ3n) is 3.42. The van der Waals surface area contributed by atoms with Crippen molar-refractivity contribution in [3.05, 3.63) is 30.1 Å². The van der Waals surface area contributed by atoms with Gasteiger partial charge < -0.3 is 10.0 Å². The highest BCUT2D eigenvalue weighted by Crippen LogP contribution is 2.23. The van der Waals surface area contributed by atoms with Crippen molar-refractivity contribution >= 4 is 17.4 Å². The summed E-state index contributed by atoms with van der Waals surface area (Å²) in [5.74, 6) is -0.427. The van der Waals surface area contributed by atoms with Crippen LogP contribution in [0.5, 0.6) is 0 Å². The van der Waals surface area contributed by atoms with Crippen LogP contribution in [-0.4, -0.2) is 33.6 Å². The molecule has 0 fully saturated rings. The van der Waals surface area contributed by atoms with Gasteiger partial charge >= 0.3 is 5.97 Å². The third kappa shape index (κ3) is 2.41. The normalized spacial score (nSPS) is 12.6. The maximum atomic E-state index is 11.5. The lowest BCUT2D eigenvalue weighted by Gasteiger charge is -2.24. The van der Waals surface area contributed by atoms with Crippen LogP contribution in [0.25, 0.3) is 5.65 Å². The van der Waals surface area contributed by atoms with Crippen molar-refractivity contribution in [3.63, 3.8) is 0 Å². The van der Waals surface area contributed by atoms with Gasteiger partial charge in [0.05, 0.1) is 0 Å². The van der Waals surface area contributed by atoms with Crippen LogP contribution in [0, 0.1) is 0 Å². The monoisotopic (exact) mass is 261 g/mol. The van der Waals surface area contributed by atoms with Gasteiger partial charge in [-0.15, -0.1) is 0 Å². The largest absolute Gasteiger partial charge is 0.476 e. The molecule has 0 saturated carbocycles. The number of hydrogen-bond acceptors (Lipinski definition) is 3. The number of carboxylic acid groups (broad SMARTS) is 1. The summed E-state index contributed by atoms with van der Waals surface area (Å²) < 4.78 is 1.62. The fourth-order valence-electron chi connectivity index (χ4n) is 2.25. The molecule has 0 aliphatic heterocycles. The Kier molecular flexibility index (Phi) is 3.74. The summed E-state index contributed by atoms with van der Waals surface area (Å²) in [6.45, 7) is 4.20. The van der Waals surface area contributed by atoms with Crippen molar-refractivity contribution in [2.75, 3.05) is 11.9 Å². The van der Waals surface area contributed by atoms with Crippen molar-refractivity contribution < 1.29 is 9.90 Å². The molecule has 0 bridgehead atoms. The Labute approximate surface area is 112 Å². The molecule has 0 saturated heterocycles. The topological polar surface area (TPSA) is 57.8 Å². The van der Waals surface area contributed by atoms with E-state index in [4.69, 9.17) is 0 Å². The molecule has 0 radical (unpaired) electrons. The number of aromatic carboxylic acids is 1. The minimum Gasteiger partial charge on any atom is -0.476 e. The van der Waals surface area contributed by atoms with Crippen molar-refractivity contribution in [1.29, 1.82) is 0 Å². The zero-order chi connectivity index (χ0) is 14.0. The van der Waals surface area contributed by atoms with Gasteiger partial charge in [-0.1, -0.05) is 19.4 Å². The lowest BCUT2D eigenvalue weighted by atomic mass is 10.1. The average Bonchev–Trinajstić information content (AvgIpc) is 2.77. The molecule has 0 amide bonds. The van der Waals surface area contributed by atoms with Crippen LogP contribution in [0.1, 0.15) is 37.2 Å². The van der Waals surface area contributed by atoms with E-state index in [2.05, 4.69) is 18.8 Å². The van der Waals surface area contributed by atoms with Gasteiger partial charge in [0.1, 0.15) is 5.65 Å². The van der Waals surface area contributed by atoms with E-state index in [1.54, 1.807) is 16.7 Å². The second-order valence-corrected chi connectivity index (χ2v) is 4.77.